The van der Waals surface area contributed by atoms with Crippen LogP contribution >= 0.6 is 0 Å². The van der Waals surface area contributed by atoms with E-state index in [1.54, 1.807) is 0 Å². The second kappa shape index (κ2) is 17.7. The molecule has 11 nitrogen and oxygen atoms in total. The van der Waals surface area contributed by atoms with Gasteiger partial charge in [-0.25, -0.2) is 0 Å². The minimum Gasteiger partial charge on any atom is -0.463 e. The number of ether oxygens (including phenoxy) is 5. The van der Waals surface area contributed by atoms with E-state index in [1.165, 1.54) is 39.0 Å². The fourth-order valence-electron chi connectivity index (χ4n) is 4.17. The number of unbranched alkanes of at least 4 members (excludes halogenated alkanes) is 8. The average molecular weight is 530 g/mol. The van der Waals surface area contributed by atoms with Gasteiger partial charge in [-0.3, -0.25) is 24.0 Å². The Kier molecular flexibility index (Phi) is 15.5. The number of rotatable bonds is 16. The van der Waals surface area contributed by atoms with E-state index in [4.69, 9.17) is 23.7 Å². The van der Waals surface area contributed by atoms with Crippen molar-refractivity contribution >= 4 is 29.8 Å². The minimum absolute atomic E-state index is 0.209. The molecule has 1 saturated heterocycles. The summed E-state index contributed by atoms with van der Waals surface area (Å²) >= 11 is 0. The van der Waals surface area contributed by atoms with Gasteiger partial charge in [0.1, 0.15) is 18.8 Å². The summed E-state index contributed by atoms with van der Waals surface area (Å²) in [5.41, 5.74) is 0. The first-order valence-corrected chi connectivity index (χ1v) is 13.1. The zero-order valence-corrected chi connectivity index (χ0v) is 22.7. The SMILES string of the molecule is CCCCCCCCCCCC(=O)N[C@@H]1[C@H](OC(C)=O)O[C@H](COC(C)=O)[C@@H](OC(C)=O)[C@@H]1OC(C)=O. The van der Waals surface area contributed by atoms with Crippen LogP contribution in [0.15, 0.2) is 0 Å². The van der Waals surface area contributed by atoms with Gasteiger partial charge in [0.05, 0.1) is 0 Å². The van der Waals surface area contributed by atoms with Gasteiger partial charge < -0.3 is 29.0 Å². The third-order valence-electron chi connectivity index (χ3n) is 5.82. The quantitative estimate of drug-likeness (QED) is 0.180. The molecule has 0 saturated carbocycles. The Balaban J connectivity index is 2.89. The largest absolute Gasteiger partial charge is 0.463 e. The second-order valence-electron chi connectivity index (χ2n) is 9.27. The van der Waals surface area contributed by atoms with E-state index < -0.39 is 54.5 Å². The molecule has 37 heavy (non-hydrogen) atoms. The van der Waals surface area contributed by atoms with Crippen molar-refractivity contribution in [2.24, 2.45) is 0 Å². The molecule has 0 aromatic heterocycles. The highest BCUT2D eigenvalue weighted by atomic mass is 16.7. The molecule has 1 rings (SSSR count). The Bertz CT molecular complexity index is 756. The number of nitrogens with one attached hydrogen (secondary N) is 1. The van der Waals surface area contributed by atoms with Crippen LogP contribution in [0, 0.1) is 0 Å². The highest BCUT2D eigenvalue weighted by Gasteiger charge is 2.52. The van der Waals surface area contributed by atoms with E-state index in [2.05, 4.69) is 12.2 Å². The zero-order chi connectivity index (χ0) is 27.8. The molecule has 0 aromatic carbocycles. The molecule has 0 aliphatic carbocycles. The average Bonchev–Trinajstić information content (AvgIpc) is 2.79. The summed E-state index contributed by atoms with van der Waals surface area (Å²) in [5, 5.41) is 2.73. The molecule has 1 aliphatic rings. The molecule has 212 valence electrons. The van der Waals surface area contributed by atoms with Crippen LogP contribution in [-0.2, 0) is 47.7 Å². The highest BCUT2D eigenvalue weighted by Crippen LogP contribution is 2.28. The lowest BCUT2D eigenvalue weighted by Crippen LogP contribution is -2.67. The van der Waals surface area contributed by atoms with Crippen LogP contribution in [0.5, 0.6) is 0 Å². The number of carbonyl (C=O) groups is 5. The van der Waals surface area contributed by atoms with Crippen molar-refractivity contribution in [2.75, 3.05) is 6.61 Å². The maximum atomic E-state index is 12.8. The molecule has 1 N–H and O–H groups in total. The van der Waals surface area contributed by atoms with Gasteiger partial charge >= 0.3 is 23.9 Å². The molecule has 1 fully saturated rings. The van der Waals surface area contributed by atoms with Crippen LogP contribution in [0.2, 0.25) is 0 Å². The normalized spacial score (nSPS) is 23.0. The molecule has 0 unspecified atom stereocenters. The third kappa shape index (κ3) is 13.4. The van der Waals surface area contributed by atoms with E-state index in [0.717, 1.165) is 40.0 Å². The Labute approximate surface area is 219 Å². The second-order valence-corrected chi connectivity index (χ2v) is 9.27. The Morgan fingerprint density at radius 1 is 0.676 bits per heavy atom. The van der Waals surface area contributed by atoms with Gasteiger partial charge in [-0.05, 0) is 6.42 Å². The molecule has 1 amide bonds. The molecule has 0 bridgehead atoms. The summed E-state index contributed by atoms with van der Waals surface area (Å²) in [5.74, 6) is -3.10. The summed E-state index contributed by atoms with van der Waals surface area (Å²) in [4.78, 5) is 59.6. The molecular weight excluding hydrogens is 486 g/mol. The van der Waals surface area contributed by atoms with Crippen molar-refractivity contribution < 1.29 is 47.7 Å². The fourth-order valence-corrected chi connectivity index (χ4v) is 4.17. The summed E-state index contributed by atoms with van der Waals surface area (Å²) in [7, 11) is 0. The van der Waals surface area contributed by atoms with Crippen LogP contribution < -0.4 is 5.32 Å². The van der Waals surface area contributed by atoms with E-state index in [-0.39, 0.29) is 18.9 Å². The first-order valence-electron chi connectivity index (χ1n) is 13.1. The Morgan fingerprint density at radius 2 is 1.19 bits per heavy atom. The van der Waals surface area contributed by atoms with Crippen molar-refractivity contribution in [3.05, 3.63) is 0 Å². The number of esters is 4. The Hall–Kier alpha value is -2.69. The standard InChI is InChI=1S/C26H43NO10/c1-6-7-8-9-10-11-12-13-14-15-22(32)27-23-25(35-19(4)30)24(34-18(3)29)21(16-33-17(2)28)37-26(23)36-20(5)31/h21,23-26H,6-16H2,1-5H3,(H,27,32)/t21-,23+,24-,25-,26-/m1/s1. The first kappa shape index (κ1) is 32.3. The van der Waals surface area contributed by atoms with Gasteiger partial charge in [0.15, 0.2) is 12.2 Å². The van der Waals surface area contributed by atoms with E-state index in [0.29, 0.717) is 6.42 Å². The number of carbonyl (C=O) groups excluding carboxylic acids is 5. The maximum absolute atomic E-state index is 12.8. The smallest absolute Gasteiger partial charge is 0.305 e. The Morgan fingerprint density at radius 3 is 1.70 bits per heavy atom. The predicted molar refractivity (Wildman–Crippen MR) is 132 cm³/mol. The summed E-state index contributed by atoms with van der Waals surface area (Å²) in [6.07, 6.45) is 5.08. The van der Waals surface area contributed by atoms with Crippen molar-refractivity contribution in [3.8, 4) is 0 Å². The van der Waals surface area contributed by atoms with Crippen molar-refractivity contribution in [1.82, 2.24) is 5.32 Å². The lowest BCUT2D eigenvalue weighted by atomic mass is 9.95. The van der Waals surface area contributed by atoms with Gasteiger partial charge in [0.25, 0.3) is 0 Å². The summed E-state index contributed by atoms with van der Waals surface area (Å²) in [6, 6.07) is -1.16. The van der Waals surface area contributed by atoms with Gasteiger partial charge in [0.2, 0.25) is 12.2 Å². The van der Waals surface area contributed by atoms with Gasteiger partial charge in [-0.2, -0.15) is 0 Å². The lowest BCUT2D eigenvalue weighted by Gasteiger charge is -2.44. The monoisotopic (exact) mass is 529 g/mol. The van der Waals surface area contributed by atoms with E-state index in [1.807, 2.05) is 0 Å². The molecular formula is C26H43NO10. The van der Waals surface area contributed by atoms with Gasteiger partial charge in [-0.15, -0.1) is 0 Å². The van der Waals surface area contributed by atoms with Crippen LogP contribution in [0.1, 0.15) is 98.8 Å². The molecule has 5 atom stereocenters. The van der Waals surface area contributed by atoms with E-state index in [9.17, 15) is 24.0 Å². The van der Waals surface area contributed by atoms with Crippen molar-refractivity contribution in [1.29, 1.82) is 0 Å². The first-order chi connectivity index (χ1) is 17.5. The van der Waals surface area contributed by atoms with Crippen LogP contribution in [-0.4, -0.2) is 67.0 Å². The number of hydrogen-bond acceptors (Lipinski definition) is 10. The van der Waals surface area contributed by atoms with Crippen LogP contribution in [0.25, 0.3) is 0 Å². The maximum Gasteiger partial charge on any atom is 0.305 e. The summed E-state index contributed by atoms with van der Waals surface area (Å²) < 4.78 is 26.8. The zero-order valence-electron chi connectivity index (χ0n) is 22.7. The molecule has 1 heterocycles. The van der Waals surface area contributed by atoms with Gasteiger partial charge in [-0.1, -0.05) is 58.3 Å². The topological polar surface area (TPSA) is 144 Å². The predicted octanol–water partition coefficient (Wildman–Crippen LogP) is 3.11. The highest BCUT2D eigenvalue weighted by molar-refractivity contribution is 5.76. The lowest BCUT2D eigenvalue weighted by molar-refractivity contribution is -0.271. The fraction of sp³-hybridized carbons (Fsp3) is 0.808. The molecule has 1 aliphatic heterocycles. The number of hydrogen-bond donors (Lipinski definition) is 1. The van der Waals surface area contributed by atoms with Gasteiger partial charge in [0, 0.05) is 34.1 Å². The van der Waals surface area contributed by atoms with Crippen LogP contribution in [0.4, 0.5) is 0 Å². The molecule has 0 radical (unpaired) electrons. The van der Waals surface area contributed by atoms with Crippen molar-refractivity contribution in [2.45, 2.75) is 129 Å². The molecule has 0 spiro atoms. The third-order valence-corrected chi connectivity index (χ3v) is 5.82. The molecule has 11 heteroatoms. The van der Waals surface area contributed by atoms with Crippen molar-refractivity contribution in [3.63, 3.8) is 0 Å². The van der Waals surface area contributed by atoms with Crippen LogP contribution in [0.3, 0.4) is 0 Å². The molecule has 0 aromatic rings. The number of amides is 1. The minimum atomic E-state index is -1.37. The summed E-state index contributed by atoms with van der Waals surface area (Å²) in [6.45, 7) is 6.48. The van der Waals surface area contributed by atoms with E-state index >= 15 is 0 Å².